The molecule has 0 aliphatic rings. The number of hydrogen-bond donors (Lipinski definition) is 1. The first-order valence-corrected chi connectivity index (χ1v) is 10.7. The Morgan fingerprint density at radius 3 is 1.64 bits per heavy atom. The molecule has 2 aromatic carbocycles. The number of aryl methyl sites for hydroxylation is 2. The van der Waals surface area contributed by atoms with E-state index in [-0.39, 0.29) is 21.0 Å². The summed E-state index contributed by atoms with van der Waals surface area (Å²) in [6.07, 6.45) is 7.42. The molecule has 118 valence electrons. The lowest BCUT2D eigenvalue weighted by molar-refractivity contribution is 0.511. The molecule has 0 amide bonds. The Morgan fingerprint density at radius 1 is 0.773 bits per heavy atom. The second kappa shape index (κ2) is 10.7. The molecule has 2 heteroatoms. The van der Waals surface area contributed by atoms with Crippen molar-refractivity contribution in [1.29, 1.82) is 0 Å². The maximum absolute atomic E-state index is 4.06. The molecular formula is C20H26IN. The topological polar surface area (TPSA) is 12.0 Å². The molecule has 0 unspecified atom stereocenters. The van der Waals surface area contributed by atoms with Gasteiger partial charge >= 0.3 is 0 Å². The van der Waals surface area contributed by atoms with Crippen molar-refractivity contribution >= 4 is 25.5 Å². The maximum Gasteiger partial charge on any atom is 0.0159 e. The number of nitrogens with one attached hydrogen (secondary N) is 1. The average molecular weight is 407 g/mol. The van der Waals surface area contributed by atoms with E-state index in [9.17, 15) is 0 Å². The number of hydrogen-bond acceptors (Lipinski definition) is 1. The van der Waals surface area contributed by atoms with Gasteiger partial charge in [-0.2, -0.15) is 0 Å². The van der Waals surface area contributed by atoms with Crippen molar-refractivity contribution in [2.45, 2.75) is 44.6 Å². The summed E-state index contributed by atoms with van der Waals surface area (Å²) in [5.74, 6) is 0. The van der Waals surface area contributed by atoms with E-state index >= 15 is 0 Å². The Balaban J connectivity index is 1.69. The minimum absolute atomic E-state index is 0.0787. The summed E-state index contributed by atoms with van der Waals surface area (Å²) in [6, 6.07) is 22.3. The van der Waals surface area contributed by atoms with Gasteiger partial charge in [-0.3, -0.25) is 3.53 Å². The molecule has 0 aliphatic carbocycles. The molecule has 0 aliphatic heterocycles. The van der Waals surface area contributed by atoms with E-state index in [0.717, 1.165) is 0 Å². The molecule has 22 heavy (non-hydrogen) atoms. The molecule has 1 N–H and O–H groups in total. The summed E-state index contributed by atoms with van der Waals surface area (Å²) in [6.45, 7) is 0. The van der Waals surface area contributed by atoms with E-state index in [1.807, 2.05) is 0 Å². The van der Waals surface area contributed by atoms with E-state index < -0.39 is 0 Å². The standard InChI is InChI=1S/C20H26IN/c1-21-22-20(16-8-14-18-10-4-2-5-11-18)17-9-15-19-12-6-3-7-13-19/h2-7,10-13,20,22H,1,8-9,14-17H2. The van der Waals surface area contributed by atoms with E-state index in [4.69, 9.17) is 0 Å². The van der Waals surface area contributed by atoms with Gasteiger partial charge in [-0.1, -0.05) is 65.2 Å². The summed E-state index contributed by atoms with van der Waals surface area (Å²) in [5.41, 5.74) is 2.91. The lowest BCUT2D eigenvalue weighted by atomic mass is 10.00. The van der Waals surface area contributed by atoms with Gasteiger partial charge in [0.15, 0.2) is 0 Å². The zero-order valence-corrected chi connectivity index (χ0v) is 15.3. The molecule has 0 spiro atoms. The SMILES string of the molecule is C=INC(CCCc1ccccc1)CCCc1ccccc1. The normalized spacial score (nSPS) is 11.0. The van der Waals surface area contributed by atoms with Crippen LogP contribution in [0.25, 0.3) is 0 Å². The van der Waals surface area contributed by atoms with Crippen LogP contribution in [0.3, 0.4) is 0 Å². The number of rotatable bonds is 10. The van der Waals surface area contributed by atoms with E-state index in [1.54, 1.807) is 0 Å². The third kappa shape index (κ3) is 6.84. The van der Waals surface area contributed by atoms with Crippen molar-refractivity contribution in [1.82, 2.24) is 3.53 Å². The Bertz CT molecular complexity index is 478. The highest BCUT2D eigenvalue weighted by Crippen LogP contribution is 2.14. The Morgan fingerprint density at radius 2 is 1.23 bits per heavy atom. The monoisotopic (exact) mass is 407 g/mol. The van der Waals surface area contributed by atoms with Crippen LogP contribution in [-0.2, 0) is 12.8 Å². The zero-order chi connectivity index (χ0) is 15.5. The van der Waals surface area contributed by atoms with Crippen LogP contribution in [-0.4, -0.2) is 10.6 Å². The number of benzene rings is 2. The van der Waals surface area contributed by atoms with Gasteiger partial charge in [-0.05, 0) is 70.7 Å². The first-order chi connectivity index (χ1) is 10.9. The fourth-order valence-corrected chi connectivity index (χ4v) is 4.00. The Labute approximate surface area is 145 Å². The molecule has 2 aromatic rings. The first kappa shape index (κ1) is 17.4. The van der Waals surface area contributed by atoms with Gasteiger partial charge in [0.2, 0.25) is 0 Å². The molecule has 0 fully saturated rings. The van der Waals surface area contributed by atoms with Crippen molar-refractivity contribution in [3.63, 3.8) is 0 Å². The summed E-state index contributed by atoms with van der Waals surface area (Å²) >= 11 is -0.0787. The van der Waals surface area contributed by atoms with Crippen LogP contribution in [0.4, 0.5) is 0 Å². The van der Waals surface area contributed by atoms with Crippen molar-refractivity contribution in [3.05, 3.63) is 71.8 Å². The van der Waals surface area contributed by atoms with Crippen molar-refractivity contribution < 1.29 is 0 Å². The van der Waals surface area contributed by atoms with Crippen LogP contribution in [0.15, 0.2) is 60.7 Å². The van der Waals surface area contributed by atoms with Crippen molar-refractivity contribution in [2.24, 2.45) is 0 Å². The molecule has 0 heterocycles. The molecule has 2 rings (SSSR count). The Hall–Kier alpha value is -1.00. The third-order valence-corrected chi connectivity index (χ3v) is 5.27. The largest absolute Gasteiger partial charge is 0.264 e. The molecule has 0 saturated heterocycles. The lowest BCUT2D eigenvalue weighted by Gasteiger charge is -2.16. The summed E-state index contributed by atoms with van der Waals surface area (Å²) < 4.78 is 7.71. The first-order valence-electron chi connectivity index (χ1n) is 8.09. The van der Waals surface area contributed by atoms with Gasteiger partial charge < -0.3 is 0 Å². The van der Waals surface area contributed by atoms with Crippen molar-refractivity contribution in [3.8, 4) is 0 Å². The van der Waals surface area contributed by atoms with Crippen LogP contribution < -0.4 is 3.53 Å². The van der Waals surface area contributed by atoms with Gasteiger partial charge in [-0.25, -0.2) is 0 Å². The summed E-state index contributed by atoms with van der Waals surface area (Å²) in [7, 11) is 0. The molecule has 0 radical (unpaired) electrons. The third-order valence-electron chi connectivity index (χ3n) is 3.95. The van der Waals surface area contributed by atoms with Gasteiger partial charge in [0.05, 0.1) is 0 Å². The van der Waals surface area contributed by atoms with E-state index in [2.05, 4.69) is 68.7 Å². The molecule has 1 nitrogen and oxygen atoms in total. The molecule has 0 bridgehead atoms. The summed E-state index contributed by atoms with van der Waals surface area (Å²) in [4.78, 5) is 0. The number of halogens is 1. The highest BCUT2D eigenvalue weighted by atomic mass is 127. The van der Waals surface area contributed by atoms with Gasteiger partial charge in [-0.15, -0.1) is 0 Å². The quantitative estimate of drug-likeness (QED) is 0.416. The molecule has 0 saturated carbocycles. The highest BCUT2D eigenvalue weighted by Gasteiger charge is 2.07. The Kier molecular flexibility index (Phi) is 8.43. The average Bonchev–Trinajstić information content (AvgIpc) is 2.57. The second-order valence-electron chi connectivity index (χ2n) is 5.70. The summed E-state index contributed by atoms with van der Waals surface area (Å²) in [5, 5.41) is 0. The van der Waals surface area contributed by atoms with Crippen LogP contribution in [0.5, 0.6) is 0 Å². The second-order valence-corrected chi connectivity index (χ2v) is 7.08. The smallest absolute Gasteiger partial charge is 0.0159 e. The minimum atomic E-state index is -0.0787. The predicted octanol–water partition coefficient (Wildman–Crippen LogP) is 5.31. The van der Waals surface area contributed by atoms with Gasteiger partial charge in [0, 0.05) is 6.04 Å². The van der Waals surface area contributed by atoms with Gasteiger partial charge in [0.1, 0.15) is 0 Å². The van der Waals surface area contributed by atoms with Crippen LogP contribution in [0, 0.1) is 0 Å². The van der Waals surface area contributed by atoms with Crippen LogP contribution >= 0.6 is 21.0 Å². The molecular weight excluding hydrogens is 381 g/mol. The van der Waals surface area contributed by atoms with Gasteiger partial charge in [0.25, 0.3) is 0 Å². The van der Waals surface area contributed by atoms with Crippen LogP contribution in [0.1, 0.15) is 36.8 Å². The van der Waals surface area contributed by atoms with E-state index in [0.29, 0.717) is 6.04 Å². The predicted molar refractivity (Wildman–Crippen MR) is 107 cm³/mol. The van der Waals surface area contributed by atoms with Crippen LogP contribution in [0.2, 0.25) is 0 Å². The molecule has 0 atom stereocenters. The minimum Gasteiger partial charge on any atom is -0.264 e. The maximum atomic E-state index is 4.06. The highest BCUT2D eigenvalue weighted by molar-refractivity contribution is 14.2. The molecule has 0 aromatic heterocycles. The van der Waals surface area contributed by atoms with Crippen molar-refractivity contribution in [2.75, 3.05) is 0 Å². The zero-order valence-electron chi connectivity index (χ0n) is 13.2. The lowest BCUT2D eigenvalue weighted by Crippen LogP contribution is -2.21. The van der Waals surface area contributed by atoms with E-state index in [1.165, 1.54) is 49.7 Å². The fourth-order valence-electron chi connectivity index (χ4n) is 2.76. The fraction of sp³-hybridized carbons (Fsp3) is 0.350.